The molecular weight excluding hydrogens is 318 g/mol. The van der Waals surface area contributed by atoms with Crippen LogP contribution in [0.2, 0.25) is 0 Å². The minimum Gasteiger partial charge on any atom is -0.492 e. The zero-order valence-electron chi connectivity index (χ0n) is 12.3. The van der Waals surface area contributed by atoms with E-state index in [1.165, 1.54) is 0 Å². The average molecular weight is 342 g/mol. The van der Waals surface area contributed by atoms with Crippen molar-refractivity contribution in [3.8, 4) is 5.75 Å². The van der Waals surface area contributed by atoms with Crippen LogP contribution < -0.4 is 10.5 Å². The van der Waals surface area contributed by atoms with Crippen LogP contribution >= 0.6 is 15.9 Å². The van der Waals surface area contributed by atoms with Crippen molar-refractivity contribution in [3.05, 3.63) is 28.2 Å². The molecule has 4 nitrogen and oxygen atoms in total. The molecule has 1 heterocycles. The molecule has 5 heteroatoms. The molecule has 1 atom stereocenters. The van der Waals surface area contributed by atoms with Crippen LogP contribution in [-0.4, -0.2) is 56.2 Å². The topological polar surface area (TPSA) is 41.7 Å². The van der Waals surface area contributed by atoms with Crippen LogP contribution in [0.5, 0.6) is 5.75 Å². The van der Waals surface area contributed by atoms with Crippen molar-refractivity contribution in [3.63, 3.8) is 0 Å². The summed E-state index contributed by atoms with van der Waals surface area (Å²) in [6.07, 6.45) is 0. The van der Waals surface area contributed by atoms with Gasteiger partial charge in [0.2, 0.25) is 0 Å². The van der Waals surface area contributed by atoms with Crippen molar-refractivity contribution in [2.45, 2.75) is 13.0 Å². The Morgan fingerprint density at radius 1 is 1.30 bits per heavy atom. The van der Waals surface area contributed by atoms with E-state index in [-0.39, 0.29) is 6.04 Å². The first-order chi connectivity index (χ1) is 9.56. The zero-order chi connectivity index (χ0) is 14.5. The lowest BCUT2D eigenvalue weighted by Gasteiger charge is -2.32. The number of nitrogens with two attached hydrogens (primary N) is 1. The number of rotatable bonds is 5. The molecule has 1 fully saturated rings. The van der Waals surface area contributed by atoms with Gasteiger partial charge in [-0.15, -0.1) is 0 Å². The highest BCUT2D eigenvalue weighted by Crippen LogP contribution is 2.27. The van der Waals surface area contributed by atoms with E-state index in [1.807, 2.05) is 25.1 Å². The average Bonchev–Trinajstić information content (AvgIpc) is 2.42. The number of likely N-dealkylation sites (N-methyl/N-ethyl adjacent to an activating group) is 1. The van der Waals surface area contributed by atoms with E-state index < -0.39 is 0 Å². The van der Waals surface area contributed by atoms with Gasteiger partial charge < -0.3 is 15.4 Å². The molecule has 2 rings (SSSR count). The summed E-state index contributed by atoms with van der Waals surface area (Å²) in [4.78, 5) is 4.81. The van der Waals surface area contributed by atoms with E-state index in [2.05, 4.69) is 32.8 Å². The van der Waals surface area contributed by atoms with Crippen LogP contribution in [0.25, 0.3) is 0 Å². The van der Waals surface area contributed by atoms with E-state index in [0.717, 1.165) is 48.5 Å². The Bertz CT molecular complexity index is 431. The van der Waals surface area contributed by atoms with Crippen LogP contribution in [0.3, 0.4) is 0 Å². The van der Waals surface area contributed by atoms with Gasteiger partial charge in [0.05, 0.1) is 0 Å². The summed E-state index contributed by atoms with van der Waals surface area (Å²) in [5.74, 6) is 0.900. The van der Waals surface area contributed by atoms with Crippen molar-refractivity contribution < 1.29 is 4.74 Å². The molecule has 20 heavy (non-hydrogen) atoms. The normalized spacial score (nSPS) is 19.0. The molecule has 1 aromatic rings. The maximum atomic E-state index is 6.00. The van der Waals surface area contributed by atoms with Gasteiger partial charge in [-0.05, 0) is 32.2 Å². The molecule has 0 spiro atoms. The largest absolute Gasteiger partial charge is 0.492 e. The minimum atomic E-state index is -0.0221. The van der Waals surface area contributed by atoms with E-state index in [1.54, 1.807) is 0 Å². The van der Waals surface area contributed by atoms with Gasteiger partial charge in [0.1, 0.15) is 12.4 Å². The lowest BCUT2D eigenvalue weighted by Crippen LogP contribution is -2.45. The van der Waals surface area contributed by atoms with Crippen LogP contribution in [0.1, 0.15) is 18.5 Å². The maximum absolute atomic E-state index is 6.00. The van der Waals surface area contributed by atoms with Gasteiger partial charge in [-0.1, -0.05) is 15.9 Å². The number of hydrogen-bond acceptors (Lipinski definition) is 4. The molecule has 1 aromatic carbocycles. The van der Waals surface area contributed by atoms with Crippen LogP contribution in [0, 0.1) is 0 Å². The van der Waals surface area contributed by atoms with Crippen molar-refractivity contribution in [2.24, 2.45) is 5.73 Å². The highest BCUT2D eigenvalue weighted by Gasteiger charge is 2.14. The summed E-state index contributed by atoms with van der Waals surface area (Å²) in [6.45, 7) is 8.20. The van der Waals surface area contributed by atoms with Crippen molar-refractivity contribution in [1.82, 2.24) is 9.80 Å². The second kappa shape index (κ2) is 7.41. The molecule has 112 valence electrons. The Balaban J connectivity index is 1.85. The van der Waals surface area contributed by atoms with Gasteiger partial charge in [0.15, 0.2) is 0 Å². The lowest BCUT2D eigenvalue weighted by atomic mass is 10.1. The molecule has 0 bridgehead atoms. The molecular formula is C15H24BrN3O. The standard InChI is InChI=1S/C15H24BrN3O/c1-12(17)14-11-13(16)3-4-15(14)20-10-9-19-7-5-18(2)6-8-19/h3-4,11-12H,5-10,17H2,1-2H3. The Kier molecular flexibility index (Phi) is 5.84. The molecule has 1 saturated heterocycles. The number of ether oxygens (including phenoxy) is 1. The molecule has 0 saturated carbocycles. The van der Waals surface area contributed by atoms with E-state index in [0.29, 0.717) is 6.61 Å². The summed E-state index contributed by atoms with van der Waals surface area (Å²) in [5.41, 5.74) is 7.05. The van der Waals surface area contributed by atoms with Crippen LogP contribution in [-0.2, 0) is 0 Å². The van der Waals surface area contributed by atoms with Gasteiger partial charge in [-0.25, -0.2) is 0 Å². The number of nitrogens with zero attached hydrogens (tertiary/aromatic N) is 2. The Labute approximate surface area is 130 Å². The molecule has 2 N–H and O–H groups in total. The third-order valence-electron chi connectivity index (χ3n) is 3.72. The Morgan fingerprint density at radius 3 is 2.65 bits per heavy atom. The fourth-order valence-corrected chi connectivity index (χ4v) is 2.74. The smallest absolute Gasteiger partial charge is 0.124 e. The zero-order valence-corrected chi connectivity index (χ0v) is 13.9. The molecule has 0 amide bonds. The van der Waals surface area contributed by atoms with Crippen molar-refractivity contribution >= 4 is 15.9 Å². The van der Waals surface area contributed by atoms with Gasteiger partial charge in [0.25, 0.3) is 0 Å². The second-order valence-electron chi connectivity index (χ2n) is 5.46. The summed E-state index contributed by atoms with van der Waals surface area (Å²) in [7, 11) is 2.17. The SMILES string of the molecule is CC(N)c1cc(Br)ccc1OCCN1CCN(C)CC1. The van der Waals surface area contributed by atoms with Crippen LogP contribution in [0.4, 0.5) is 0 Å². The van der Waals surface area contributed by atoms with Gasteiger partial charge in [-0.3, -0.25) is 4.90 Å². The highest BCUT2D eigenvalue weighted by atomic mass is 79.9. The van der Waals surface area contributed by atoms with E-state index in [4.69, 9.17) is 10.5 Å². The van der Waals surface area contributed by atoms with Crippen molar-refractivity contribution in [2.75, 3.05) is 46.4 Å². The first-order valence-electron chi connectivity index (χ1n) is 7.15. The fraction of sp³-hybridized carbons (Fsp3) is 0.600. The van der Waals surface area contributed by atoms with Gasteiger partial charge in [0, 0.05) is 48.8 Å². The summed E-state index contributed by atoms with van der Waals surface area (Å²) >= 11 is 3.48. The monoisotopic (exact) mass is 341 g/mol. The van der Waals surface area contributed by atoms with Gasteiger partial charge >= 0.3 is 0 Å². The van der Waals surface area contributed by atoms with Crippen LogP contribution in [0.15, 0.2) is 22.7 Å². The Morgan fingerprint density at radius 2 is 2.00 bits per heavy atom. The lowest BCUT2D eigenvalue weighted by molar-refractivity contribution is 0.133. The van der Waals surface area contributed by atoms with E-state index >= 15 is 0 Å². The molecule has 1 aliphatic heterocycles. The minimum absolute atomic E-state index is 0.0221. The molecule has 0 aliphatic carbocycles. The molecule has 1 unspecified atom stereocenters. The number of piperazine rings is 1. The molecule has 1 aliphatic rings. The van der Waals surface area contributed by atoms with Gasteiger partial charge in [-0.2, -0.15) is 0 Å². The number of benzene rings is 1. The number of hydrogen-bond donors (Lipinski definition) is 1. The van der Waals surface area contributed by atoms with Crippen molar-refractivity contribution in [1.29, 1.82) is 0 Å². The first kappa shape index (κ1) is 15.8. The summed E-state index contributed by atoms with van der Waals surface area (Å²) in [6, 6.07) is 6.01. The fourth-order valence-electron chi connectivity index (χ4n) is 2.36. The predicted molar refractivity (Wildman–Crippen MR) is 86.2 cm³/mol. The molecule has 0 radical (unpaired) electrons. The quantitative estimate of drug-likeness (QED) is 0.890. The third kappa shape index (κ3) is 4.45. The number of halogens is 1. The Hall–Kier alpha value is -0.620. The third-order valence-corrected chi connectivity index (χ3v) is 4.22. The highest BCUT2D eigenvalue weighted by molar-refractivity contribution is 9.10. The molecule has 0 aromatic heterocycles. The maximum Gasteiger partial charge on any atom is 0.124 e. The summed E-state index contributed by atoms with van der Waals surface area (Å²) < 4.78 is 6.97. The van der Waals surface area contributed by atoms with E-state index in [9.17, 15) is 0 Å². The summed E-state index contributed by atoms with van der Waals surface area (Å²) in [5, 5.41) is 0. The second-order valence-corrected chi connectivity index (χ2v) is 6.38. The predicted octanol–water partition coefficient (Wildman–Crippen LogP) is 2.10. The first-order valence-corrected chi connectivity index (χ1v) is 7.94.